The summed E-state index contributed by atoms with van der Waals surface area (Å²) in [6, 6.07) is 21.2. The molecule has 0 saturated carbocycles. The van der Waals surface area contributed by atoms with Gasteiger partial charge in [-0.25, -0.2) is 0 Å². The van der Waals surface area contributed by atoms with Crippen molar-refractivity contribution >= 4 is 28.3 Å². The number of benzene rings is 3. The number of rotatable bonds is 5. The van der Waals surface area contributed by atoms with Crippen LogP contribution in [0.1, 0.15) is 12.5 Å². The Hall–Kier alpha value is -2.52. The van der Waals surface area contributed by atoms with Gasteiger partial charge in [0.15, 0.2) is 6.10 Å². The van der Waals surface area contributed by atoms with Crippen molar-refractivity contribution in [2.45, 2.75) is 19.6 Å². The third-order valence-electron chi connectivity index (χ3n) is 3.83. The van der Waals surface area contributed by atoms with E-state index in [2.05, 4.69) is 23.5 Å². The lowest BCUT2D eigenvalue weighted by Crippen LogP contribution is -2.35. The molecule has 4 heteroatoms. The van der Waals surface area contributed by atoms with E-state index >= 15 is 0 Å². The predicted molar refractivity (Wildman–Crippen MR) is 97.3 cm³/mol. The van der Waals surface area contributed by atoms with Gasteiger partial charge in [-0.2, -0.15) is 0 Å². The van der Waals surface area contributed by atoms with E-state index in [1.165, 1.54) is 0 Å². The number of fused-ring (bicyclic) bond motifs is 1. The molecular weight excluding hydrogens is 322 g/mol. The van der Waals surface area contributed by atoms with Crippen molar-refractivity contribution in [3.63, 3.8) is 0 Å². The van der Waals surface area contributed by atoms with Crippen molar-refractivity contribution < 1.29 is 9.53 Å². The van der Waals surface area contributed by atoms with Crippen LogP contribution in [-0.2, 0) is 11.3 Å². The predicted octanol–water partition coefficient (Wildman–Crippen LogP) is 4.58. The Morgan fingerprint density at radius 1 is 1.04 bits per heavy atom. The van der Waals surface area contributed by atoms with Gasteiger partial charge < -0.3 is 10.1 Å². The Kier molecular flexibility index (Phi) is 5.02. The molecule has 3 aromatic rings. The number of hydrogen-bond acceptors (Lipinski definition) is 2. The second kappa shape index (κ2) is 7.37. The van der Waals surface area contributed by atoms with Gasteiger partial charge in [0, 0.05) is 11.6 Å². The lowest BCUT2D eigenvalue weighted by atomic mass is 10.0. The normalized spacial score (nSPS) is 11.9. The molecule has 1 amide bonds. The Balaban J connectivity index is 1.63. The quantitative estimate of drug-likeness (QED) is 0.739. The zero-order chi connectivity index (χ0) is 16.9. The Morgan fingerprint density at radius 3 is 2.54 bits per heavy atom. The Labute approximate surface area is 146 Å². The molecule has 0 unspecified atom stereocenters. The van der Waals surface area contributed by atoms with Gasteiger partial charge in [-0.15, -0.1) is 0 Å². The van der Waals surface area contributed by atoms with Crippen molar-refractivity contribution in [3.05, 3.63) is 77.3 Å². The highest BCUT2D eigenvalue weighted by molar-refractivity contribution is 6.30. The summed E-state index contributed by atoms with van der Waals surface area (Å²) in [6.45, 7) is 2.20. The molecule has 0 aliphatic rings. The van der Waals surface area contributed by atoms with E-state index in [4.69, 9.17) is 16.3 Å². The highest BCUT2D eigenvalue weighted by atomic mass is 35.5. The van der Waals surface area contributed by atoms with E-state index in [0.717, 1.165) is 16.3 Å². The average Bonchev–Trinajstić information content (AvgIpc) is 2.61. The fraction of sp³-hybridized carbons (Fsp3) is 0.150. The smallest absolute Gasteiger partial charge is 0.261 e. The number of halogens is 1. The van der Waals surface area contributed by atoms with Crippen LogP contribution in [0.2, 0.25) is 5.02 Å². The first-order valence-corrected chi connectivity index (χ1v) is 8.18. The van der Waals surface area contributed by atoms with Crippen molar-refractivity contribution in [1.82, 2.24) is 5.32 Å². The summed E-state index contributed by atoms with van der Waals surface area (Å²) in [5.74, 6) is 0.463. The molecule has 3 aromatic carbocycles. The van der Waals surface area contributed by atoms with Crippen LogP contribution in [0.15, 0.2) is 66.7 Å². The van der Waals surface area contributed by atoms with Gasteiger partial charge in [0.25, 0.3) is 5.91 Å². The third-order valence-corrected chi connectivity index (χ3v) is 4.08. The molecule has 1 N–H and O–H groups in total. The summed E-state index contributed by atoms with van der Waals surface area (Å²) < 4.78 is 5.64. The largest absolute Gasteiger partial charge is 0.481 e. The number of carbonyl (C=O) groups is 1. The fourth-order valence-electron chi connectivity index (χ4n) is 2.54. The van der Waals surface area contributed by atoms with Crippen LogP contribution in [0.25, 0.3) is 10.8 Å². The maximum atomic E-state index is 12.3. The van der Waals surface area contributed by atoms with Crippen LogP contribution in [0, 0.1) is 0 Å². The van der Waals surface area contributed by atoms with E-state index in [1.807, 2.05) is 24.3 Å². The maximum Gasteiger partial charge on any atom is 0.261 e. The molecule has 24 heavy (non-hydrogen) atoms. The minimum Gasteiger partial charge on any atom is -0.481 e. The van der Waals surface area contributed by atoms with E-state index < -0.39 is 6.10 Å². The lowest BCUT2D eigenvalue weighted by Gasteiger charge is -2.15. The zero-order valence-corrected chi connectivity index (χ0v) is 14.1. The van der Waals surface area contributed by atoms with Gasteiger partial charge >= 0.3 is 0 Å². The van der Waals surface area contributed by atoms with E-state index in [0.29, 0.717) is 17.3 Å². The molecule has 0 spiro atoms. The van der Waals surface area contributed by atoms with Gasteiger partial charge in [0.05, 0.1) is 0 Å². The number of nitrogens with one attached hydrogen (secondary N) is 1. The van der Waals surface area contributed by atoms with Crippen molar-refractivity contribution in [1.29, 1.82) is 0 Å². The molecule has 0 aliphatic heterocycles. The standard InChI is InChI=1S/C20H18ClNO2/c1-14(24-18-11-9-17(21)10-12-18)20(23)22-13-16-7-4-6-15-5-2-3-8-19(15)16/h2-12,14H,13H2,1H3,(H,22,23)/t14-/m0/s1. The van der Waals surface area contributed by atoms with Crippen molar-refractivity contribution in [3.8, 4) is 5.75 Å². The zero-order valence-electron chi connectivity index (χ0n) is 13.3. The monoisotopic (exact) mass is 339 g/mol. The van der Waals surface area contributed by atoms with E-state index in [9.17, 15) is 4.79 Å². The van der Waals surface area contributed by atoms with Crippen LogP contribution >= 0.6 is 11.6 Å². The first-order chi connectivity index (χ1) is 11.6. The van der Waals surface area contributed by atoms with Crippen LogP contribution in [-0.4, -0.2) is 12.0 Å². The SMILES string of the molecule is C[C@H](Oc1ccc(Cl)cc1)C(=O)NCc1cccc2ccccc12. The molecular formula is C20H18ClNO2. The van der Waals surface area contributed by atoms with Crippen LogP contribution < -0.4 is 10.1 Å². The third kappa shape index (κ3) is 3.87. The molecule has 3 rings (SSSR count). The van der Waals surface area contributed by atoms with Gasteiger partial charge in [0.2, 0.25) is 0 Å². The van der Waals surface area contributed by atoms with Crippen molar-refractivity contribution in [2.24, 2.45) is 0 Å². The molecule has 0 radical (unpaired) electrons. The summed E-state index contributed by atoms with van der Waals surface area (Å²) in [4.78, 5) is 12.3. The second-order valence-corrected chi connectivity index (χ2v) is 6.01. The topological polar surface area (TPSA) is 38.3 Å². The van der Waals surface area contributed by atoms with E-state index in [-0.39, 0.29) is 5.91 Å². The lowest BCUT2D eigenvalue weighted by molar-refractivity contribution is -0.127. The molecule has 0 saturated heterocycles. The highest BCUT2D eigenvalue weighted by Gasteiger charge is 2.14. The van der Waals surface area contributed by atoms with Crippen LogP contribution in [0.5, 0.6) is 5.75 Å². The van der Waals surface area contributed by atoms with Crippen LogP contribution in [0.3, 0.4) is 0 Å². The molecule has 0 aromatic heterocycles. The summed E-state index contributed by atoms with van der Waals surface area (Å²) >= 11 is 5.84. The molecule has 0 fully saturated rings. The van der Waals surface area contributed by atoms with Gasteiger partial charge in [-0.1, -0.05) is 54.1 Å². The number of amides is 1. The van der Waals surface area contributed by atoms with Gasteiger partial charge in [0.1, 0.15) is 5.75 Å². The maximum absolute atomic E-state index is 12.3. The summed E-state index contributed by atoms with van der Waals surface area (Å²) in [6.07, 6.45) is -0.582. The summed E-state index contributed by atoms with van der Waals surface area (Å²) in [5.41, 5.74) is 1.08. The van der Waals surface area contributed by atoms with Gasteiger partial charge in [-0.3, -0.25) is 4.79 Å². The fourth-order valence-corrected chi connectivity index (χ4v) is 2.67. The molecule has 3 nitrogen and oxygen atoms in total. The molecule has 0 bridgehead atoms. The summed E-state index contributed by atoms with van der Waals surface area (Å²) in [7, 11) is 0. The van der Waals surface area contributed by atoms with Gasteiger partial charge in [-0.05, 0) is 47.5 Å². The molecule has 0 aliphatic carbocycles. The van der Waals surface area contributed by atoms with E-state index in [1.54, 1.807) is 31.2 Å². The highest BCUT2D eigenvalue weighted by Crippen LogP contribution is 2.19. The minimum absolute atomic E-state index is 0.155. The molecule has 1 atom stereocenters. The summed E-state index contributed by atoms with van der Waals surface area (Å²) in [5, 5.41) is 5.87. The molecule has 0 heterocycles. The number of ether oxygens (including phenoxy) is 1. The number of hydrogen-bond donors (Lipinski definition) is 1. The Morgan fingerprint density at radius 2 is 1.75 bits per heavy atom. The first kappa shape index (κ1) is 16.3. The minimum atomic E-state index is -0.582. The number of carbonyl (C=O) groups excluding carboxylic acids is 1. The molecule has 122 valence electrons. The average molecular weight is 340 g/mol. The van der Waals surface area contributed by atoms with Crippen LogP contribution in [0.4, 0.5) is 0 Å². The van der Waals surface area contributed by atoms with Crippen molar-refractivity contribution in [2.75, 3.05) is 0 Å². The first-order valence-electron chi connectivity index (χ1n) is 7.80. The second-order valence-electron chi connectivity index (χ2n) is 5.57. The Bertz CT molecular complexity index is 840.